The molecule has 0 radical (unpaired) electrons. The number of hydrogen-bond acceptors (Lipinski definition) is 4. The lowest BCUT2D eigenvalue weighted by Crippen LogP contribution is -2.39. The third-order valence-electron chi connectivity index (χ3n) is 2.73. The van der Waals surface area contributed by atoms with Gasteiger partial charge in [-0.05, 0) is 32.0 Å². The maximum atomic E-state index is 11.3. The highest BCUT2D eigenvalue weighted by molar-refractivity contribution is 6.33. The van der Waals surface area contributed by atoms with Gasteiger partial charge in [-0.3, -0.25) is 10.2 Å². The Kier molecular flexibility index (Phi) is 3.30. The summed E-state index contributed by atoms with van der Waals surface area (Å²) in [5.41, 5.74) is 5.42. The Morgan fingerprint density at radius 2 is 2.22 bits per heavy atom. The van der Waals surface area contributed by atoms with Crippen molar-refractivity contribution in [1.82, 2.24) is 10.4 Å². The monoisotopic (exact) mass is 263 g/mol. The van der Waals surface area contributed by atoms with Gasteiger partial charge in [0.25, 0.3) is 0 Å². The molecule has 94 valence electrons. The number of anilines is 1. The van der Waals surface area contributed by atoms with E-state index < -0.39 is 0 Å². The van der Waals surface area contributed by atoms with Crippen molar-refractivity contribution in [3.63, 3.8) is 0 Å². The molecule has 0 aromatic heterocycles. The molecule has 1 aliphatic rings. The molecule has 2 rings (SSSR count). The number of hydrazine groups is 2. The number of ketones is 1. The van der Waals surface area contributed by atoms with Gasteiger partial charge in [0.05, 0.1) is 10.7 Å². The first-order valence-electron chi connectivity index (χ1n) is 5.50. The van der Waals surface area contributed by atoms with Crippen molar-refractivity contribution < 1.29 is 4.79 Å². The van der Waals surface area contributed by atoms with Crippen LogP contribution in [0.3, 0.4) is 0 Å². The van der Waals surface area contributed by atoms with Crippen LogP contribution in [0.2, 0.25) is 5.02 Å². The molecule has 0 atom stereocenters. The van der Waals surface area contributed by atoms with Crippen molar-refractivity contribution in [2.45, 2.75) is 13.8 Å². The highest BCUT2D eigenvalue weighted by Gasteiger charge is 2.21. The maximum Gasteiger partial charge on any atom is 0.159 e. The van der Waals surface area contributed by atoms with E-state index in [0.717, 1.165) is 11.4 Å². The SMILES string of the molecule is C=CN1C(C)=CNN1c1ccc(C(C)=O)cc1Cl. The molecule has 0 aliphatic carbocycles. The number of carbonyl (C=O) groups is 1. The van der Waals surface area contributed by atoms with Gasteiger partial charge in [-0.2, -0.15) is 5.12 Å². The summed E-state index contributed by atoms with van der Waals surface area (Å²) in [6.45, 7) is 7.22. The molecular formula is C13H14ClN3O. The smallest absolute Gasteiger partial charge is 0.159 e. The zero-order valence-electron chi connectivity index (χ0n) is 10.3. The minimum Gasteiger partial charge on any atom is -0.295 e. The van der Waals surface area contributed by atoms with Crippen molar-refractivity contribution >= 4 is 23.1 Å². The number of hydrogen-bond donors (Lipinski definition) is 1. The van der Waals surface area contributed by atoms with Gasteiger partial charge in [0.15, 0.2) is 5.78 Å². The summed E-state index contributed by atoms with van der Waals surface area (Å²) < 4.78 is 0. The summed E-state index contributed by atoms with van der Waals surface area (Å²) in [4.78, 5) is 11.3. The maximum absolute atomic E-state index is 11.3. The van der Waals surface area contributed by atoms with E-state index in [1.807, 2.05) is 18.1 Å². The minimum absolute atomic E-state index is 0.00675. The Morgan fingerprint density at radius 3 is 2.78 bits per heavy atom. The van der Waals surface area contributed by atoms with Crippen LogP contribution in [0, 0.1) is 0 Å². The van der Waals surface area contributed by atoms with Crippen LogP contribution in [0.15, 0.2) is 42.9 Å². The van der Waals surface area contributed by atoms with Gasteiger partial charge in [0, 0.05) is 18.0 Å². The zero-order valence-corrected chi connectivity index (χ0v) is 11.0. The molecule has 0 saturated heterocycles. The molecule has 1 N–H and O–H groups in total. The lowest BCUT2D eigenvalue weighted by atomic mass is 10.1. The molecule has 1 aromatic rings. The molecule has 1 aliphatic heterocycles. The first-order valence-corrected chi connectivity index (χ1v) is 5.87. The van der Waals surface area contributed by atoms with Crippen LogP contribution in [-0.4, -0.2) is 10.8 Å². The number of nitrogens with one attached hydrogen (secondary N) is 1. The summed E-state index contributed by atoms with van der Waals surface area (Å²) in [7, 11) is 0. The Balaban J connectivity index is 2.35. The van der Waals surface area contributed by atoms with Crippen LogP contribution in [0.25, 0.3) is 0 Å². The molecule has 0 saturated carbocycles. The van der Waals surface area contributed by atoms with Crippen LogP contribution >= 0.6 is 11.6 Å². The second-order valence-electron chi connectivity index (χ2n) is 3.98. The Labute approximate surface area is 111 Å². The molecule has 18 heavy (non-hydrogen) atoms. The number of nitrogens with zero attached hydrogens (tertiary/aromatic N) is 2. The van der Waals surface area contributed by atoms with E-state index in [4.69, 9.17) is 11.6 Å². The van der Waals surface area contributed by atoms with Gasteiger partial charge in [-0.15, -0.1) is 0 Å². The predicted octanol–water partition coefficient (Wildman–Crippen LogP) is 3.09. The summed E-state index contributed by atoms with van der Waals surface area (Å²) in [5.74, 6) is -0.00675. The topological polar surface area (TPSA) is 35.6 Å². The molecule has 0 fully saturated rings. The third kappa shape index (κ3) is 2.07. The van der Waals surface area contributed by atoms with E-state index in [1.165, 1.54) is 6.92 Å². The lowest BCUT2D eigenvalue weighted by Gasteiger charge is -2.29. The van der Waals surface area contributed by atoms with Gasteiger partial charge in [-0.25, -0.2) is 5.01 Å². The standard InChI is InChI=1S/C13H14ClN3O/c1-4-16-9(2)8-15-17(16)13-6-5-11(10(3)18)7-12(13)14/h4-8,15H,1H2,2-3H3. The van der Waals surface area contributed by atoms with Gasteiger partial charge in [0.1, 0.15) is 5.69 Å². The number of carbonyl (C=O) groups excluding carboxylic acids is 1. The summed E-state index contributed by atoms with van der Waals surface area (Å²) in [6.07, 6.45) is 3.53. The van der Waals surface area contributed by atoms with Crippen LogP contribution < -0.4 is 10.5 Å². The van der Waals surface area contributed by atoms with Gasteiger partial charge in [-0.1, -0.05) is 18.2 Å². The van der Waals surface area contributed by atoms with Crippen molar-refractivity contribution in [3.05, 3.63) is 53.5 Å². The molecule has 5 heteroatoms. The number of allylic oxidation sites excluding steroid dienone is 1. The first-order chi connectivity index (χ1) is 8.54. The van der Waals surface area contributed by atoms with Crippen LogP contribution in [0.1, 0.15) is 24.2 Å². The van der Waals surface area contributed by atoms with E-state index in [0.29, 0.717) is 10.6 Å². The van der Waals surface area contributed by atoms with Crippen molar-refractivity contribution in [2.75, 3.05) is 5.12 Å². The number of halogens is 1. The predicted molar refractivity (Wildman–Crippen MR) is 72.9 cm³/mol. The van der Waals surface area contributed by atoms with Crippen molar-refractivity contribution in [1.29, 1.82) is 0 Å². The van der Waals surface area contributed by atoms with Crippen LogP contribution in [0.4, 0.5) is 5.69 Å². The molecule has 0 spiro atoms. The van der Waals surface area contributed by atoms with Crippen molar-refractivity contribution in [3.8, 4) is 0 Å². The molecule has 0 unspecified atom stereocenters. The summed E-state index contributed by atoms with van der Waals surface area (Å²) in [5, 5.41) is 4.09. The van der Waals surface area contributed by atoms with Gasteiger partial charge >= 0.3 is 0 Å². The highest BCUT2D eigenvalue weighted by atomic mass is 35.5. The second kappa shape index (κ2) is 4.74. The molecule has 0 amide bonds. The highest BCUT2D eigenvalue weighted by Crippen LogP contribution is 2.30. The third-order valence-corrected chi connectivity index (χ3v) is 3.03. The number of rotatable bonds is 3. The van der Waals surface area contributed by atoms with E-state index in [2.05, 4.69) is 12.0 Å². The quantitative estimate of drug-likeness (QED) is 0.850. The molecule has 0 bridgehead atoms. The molecule has 1 heterocycles. The van der Waals surface area contributed by atoms with E-state index in [1.54, 1.807) is 29.5 Å². The lowest BCUT2D eigenvalue weighted by molar-refractivity contribution is 0.101. The van der Waals surface area contributed by atoms with Crippen LogP contribution in [-0.2, 0) is 0 Å². The zero-order chi connectivity index (χ0) is 13.3. The fourth-order valence-corrected chi connectivity index (χ4v) is 2.01. The molecule has 1 aromatic carbocycles. The second-order valence-corrected chi connectivity index (χ2v) is 4.38. The average molecular weight is 264 g/mol. The minimum atomic E-state index is -0.00675. The largest absolute Gasteiger partial charge is 0.295 e. The first kappa shape index (κ1) is 12.5. The van der Waals surface area contributed by atoms with E-state index in [9.17, 15) is 4.79 Å². The number of Topliss-reactive ketones (excluding diaryl/α,β-unsaturated/α-hetero) is 1. The van der Waals surface area contributed by atoms with E-state index in [-0.39, 0.29) is 5.78 Å². The van der Waals surface area contributed by atoms with Gasteiger partial charge < -0.3 is 0 Å². The van der Waals surface area contributed by atoms with Crippen molar-refractivity contribution in [2.24, 2.45) is 0 Å². The Hall–Kier alpha value is -1.94. The Bertz CT molecular complexity index is 539. The van der Waals surface area contributed by atoms with Gasteiger partial charge in [0.2, 0.25) is 0 Å². The van der Waals surface area contributed by atoms with E-state index >= 15 is 0 Å². The average Bonchev–Trinajstić information content (AvgIpc) is 2.70. The fourth-order valence-electron chi connectivity index (χ4n) is 1.75. The molecule has 4 nitrogen and oxygen atoms in total. The summed E-state index contributed by atoms with van der Waals surface area (Å²) in [6, 6.07) is 5.21. The summed E-state index contributed by atoms with van der Waals surface area (Å²) >= 11 is 6.21. The normalized spacial score (nSPS) is 14.3. The molecular weight excluding hydrogens is 250 g/mol. The fraction of sp³-hybridized carbons (Fsp3) is 0.154. The number of benzene rings is 1. The Morgan fingerprint density at radius 1 is 1.50 bits per heavy atom. The van der Waals surface area contributed by atoms with Crippen LogP contribution in [0.5, 0.6) is 0 Å².